The van der Waals surface area contributed by atoms with Crippen molar-refractivity contribution < 1.29 is 4.39 Å². The monoisotopic (exact) mass is 454 g/mol. The maximum absolute atomic E-state index is 14.7. The number of halogens is 1. The molecule has 0 bridgehead atoms. The van der Waals surface area contributed by atoms with Gasteiger partial charge in [0.2, 0.25) is 5.95 Å². The third-order valence-corrected chi connectivity index (χ3v) is 7.04. The third-order valence-electron chi connectivity index (χ3n) is 7.04. The van der Waals surface area contributed by atoms with Gasteiger partial charge in [-0.1, -0.05) is 42.5 Å². The minimum atomic E-state index is -0.158. The van der Waals surface area contributed by atoms with E-state index in [1.807, 2.05) is 49.2 Å². The number of benzene rings is 2. The largest absolute Gasteiger partial charge is 0.338 e. The van der Waals surface area contributed by atoms with E-state index in [0.717, 1.165) is 73.2 Å². The minimum Gasteiger partial charge on any atom is -0.338 e. The predicted octanol–water partition coefficient (Wildman–Crippen LogP) is 3.99. The van der Waals surface area contributed by atoms with E-state index in [2.05, 4.69) is 31.5 Å². The van der Waals surface area contributed by atoms with Gasteiger partial charge >= 0.3 is 0 Å². The molecule has 2 aliphatic rings. The second-order valence-corrected chi connectivity index (χ2v) is 9.04. The molecule has 1 atom stereocenters. The highest BCUT2D eigenvalue weighted by molar-refractivity contribution is 5.72. The lowest BCUT2D eigenvalue weighted by molar-refractivity contribution is 0.247. The summed E-state index contributed by atoms with van der Waals surface area (Å²) in [6, 6.07) is 15.4. The molecule has 0 spiro atoms. The van der Waals surface area contributed by atoms with Crippen molar-refractivity contribution in [3.05, 3.63) is 96.0 Å². The number of piperazine rings is 1. The maximum atomic E-state index is 14.7. The van der Waals surface area contributed by atoms with Gasteiger partial charge in [0, 0.05) is 69.3 Å². The van der Waals surface area contributed by atoms with Crippen LogP contribution in [0.5, 0.6) is 0 Å². The Labute approximate surface area is 198 Å². The summed E-state index contributed by atoms with van der Waals surface area (Å²) in [5, 5.41) is 0. The summed E-state index contributed by atoms with van der Waals surface area (Å²) in [5.74, 6) is 0.597. The second kappa shape index (κ2) is 8.99. The molecule has 0 N–H and O–H groups in total. The summed E-state index contributed by atoms with van der Waals surface area (Å²) < 4.78 is 16.8. The molecule has 2 aromatic heterocycles. The molecule has 4 aromatic rings. The van der Waals surface area contributed by atoms with E-state index < -0.39 is 0 Å². The van der Waals surface area contributed by atoms with E-state index in [-0.39, 0.29) is 11.7 Å². The van der Waals surface area contributed by atoms with Gasteiger partial charge in [-0.15, -0.1) is 0 Å². The Balaban J connectivity index is 1.21. The Kier molecular flexibility index (Phi) is 5.55. The Hall–Kier alpha value is -3.58. The van der Waals surface area contributed by atoms with Crippen molar-refractivity contribution in [2.24, 2.45) is 0 Å². The number of hydrogen-bond acceptors (Lipinski definition) is 5. The average Bonchev–Trinajstić information content (AvgIpc) is 3.41. The first kappa shape index (κ1) is 21.0. The summed E-state index contributed by atoms with van der Waals surface area (Å²) in [4.78, 5) is 18.6. The van der Waals surface area contributed by atoms with Crippen LogP contribution in [0.15, 0.2) is 73.4 Å². The highest BCUT2D eigenvalue weighted by Crippen LogP contribution is 2.42. The fourth-order valence-corrected chi connectivity index (χ4v) is 5.16. The maximum Gasteiger partial charge on any atom is 0.225 e. The molecule has 6 nitrogen and oxygen atoms in total. The highest BCUT2D eigenvalue weighted by atomic mass is 19.1. The molecule has 1 fully saturated rings. The number of nitrogens with zero attached hydrogens (tertiary/aromatic N) is 6. The molecule has 1 saturated heterocycles. The van der Waals surface area contributed by atoms with Crippen LogP contribution in [-0.4, -0.2) is 57.1 Å². The first-order chi connectivity index (χ1) is 16.8. The summed E-state index contributed by atoms with van der Waals surface area (Å²) in [6.45, 7) is 5.75. The van der Waals surface area contributed by atoms with Crippen molar-refractivity contribution in [3.63, 3.8) is 0 Å². The van der Waals surface area contributed by atoms with Crippen LogP contribution >= 0.6 is 0 Å². The summed E-state index contributed by atoms with van der Waals surface area (Å²) in [6.07, 6.45) is 8.35. The summed E-state index contributed by atoms with van der Waals surface area (Å²) >= 11 is 0. The Morgan fingerprint density at radius 3 is 2.50 bits per heavy atom. The molecule has 0 radical (unpaired) electrons. The Bertz CT molecular complexity index is 1280. The minimum absolute atomic E-state index is 0.0293. The van der Waals surface area contributed by atoms with Crippen LogP contribution in [0.25, 0.3) is 11.3 Å². The first-order valence-corrected chi connectivity index (χ1v) is 11.9. The molecule has 1 unspecified atom stereocenters. The number of fused-ring (bicyclic) bond motifs is 3. The van der Waals surface area contributed by atoms with Crippen LogP contribution in [-0.2, 0) is 13.0 Å². The van der Waals surface area contributed by atoms with Crippen molar-refractivity contribution in [1.82, 2.24) is 24.4 Å². The van der Waals surface area contributed by atoms with Crippen LogP contribution in [0, 0.1) is 5.82 Å². The number of hydrogen-bond donors (Lipinski definition) is 0. The summed E-state index contributed by atoms with van der Waals surface area (Å²) in [7, 11) is 0. The molecule has 3 heterocycles. The van der Waals surface area contributed by atoms with Gasteiger partial charge in [0.15, 0.2) is 0 Å². The lowest BCUT2D eigenvalue weighted by atomic mass is 9.78. The molecule has 1 aliphatic heterocycles. The molecule has 6 rings (SSSR count). The molecule has 172 valence electrons. The smallest absolute Gasteiger partial charge is 0.225 e. The van der Waals surface area contributed by atoms with Gasteiger partial charge in [0.05, 0.1) is 12.0 Å². The highest BCUT2D eigenvalue weighted by Gasteiger charge is 2.29. The Morgan fingerprint density at radius 1 is 0.912 bits per heavy atom. The lowest BCUT2D eigenvalue weighted by Gasteiger charge is -2.35. The van der Waals surface area contributed by atoms with Gasteiger partial charge in [-0.2, -0.15) is 0 Å². The Morgan fingerprint density at radius 2 is 1.71 bits per heavy atom. The zero-order valence-electron chi connectivity index (χ0n) is 19.0. The quantitative estimate of drug-likeness (QED) is 0.456. The number of imidazole rings is 1. The number of anilines is 1. The van der Waals surface area contributed by atoms with Crippen LogP contribution in [0.3, 0.4) is 0 Å². The van der Waals surface area contributed by atoms with Crippen molar-refractivity contribution in [2.75, 3.05) is 37.6 Å². The normalized spacial score (nSPS) is 17.9. The standard InChI is InChI=1S/C27H27FN6/c28-25-8-4-3-6-22(25)24-17-20-18-30-27(31-26(20)23-7-2-1-5-21(23)24)34-15-13-32(14-16-34)11-12-33-10-9-29-19-33/h1-10,18-19,24H,11-17H2. The van der Waals surface area contributed by atoms with E-state index in [9.17, 15) is 4.39 Å². The van der Waals surface area contributed by atoms with Gasteiger partial charge < -0.3 is 9.47 Å². The van der Waals surface area contributed by atoms with E-state index in [0.29, 0.717) is 6.42 Å². The van der Waals surface area contributed by atoms with Crippen molar-refractivity contribution in [2.45, 2.75) is 18.9 Å². The molecular formula is C27H27FN6. The topological polar surface area (TPSA) is 50.1 Å². The number of aromatic nitrogens is 4. The second-order valence-electron chi connectivity index (χ2n) is 9.04. The molecular weight excluding hydrogens is 427 g/mol. The van der Waals surface area contributed by atoms with E-state index >= 15 is 0 Å². The predicted molar refractivity (Wildman–Crippen MR) is 130 cm³/mol. The zero-order chi connectivity index (χ0) is 22.9. The first-order valence-electron chi connectivity index (χ1n) is 11.9. The van der Waals surface area contributed by atoms with Gasteiger partial charge in [0.25, 0.3) is 0 Å². The molecule has 0 amide bonds. The molecule has 0 saturated carbocycles. The van der Waals surface area contributed by atoms with E-state index in [4.69, 9.17) is 9.97 Å². The van der Waals surface area contributed by atoms with Gasteiger partial charge in [-0.05, 0) is 29.2 Å². The van der Waals surface area contributed by atoms with Crippen molar-refractivity contribution in [3.8, 4) is 11.3 Å². The zero-order valence-corrected chi connectivity index (χ0v) is 19.0. The van der Waals surface area contributed by atoms with E-state index in [1.165, 1.54) is 0 Å². The lowest BCUT2D eigenvalue weighted by Crippen LogP contribution is -2.47. The SMILES string of the molecule is Fc1ccccc1C1Cc2cnc(N3CCN(CCn4ccnc4)CC3)nc2-c2ccccc21. The fraction of sp³-hybridized carbons (Fsp3) is 0.296. The van der Waals surface area contributed by atoms with Crippen LogP contribution in [0.4, 0.5) is 10.3 Å². The molecule has 7 heteroatoms. The molecule has 34 heavy (non-hydrogen) atoms. The van der Waals surface area contributed by atoms with E-state index in [1.54, 1.807) is 12.1 Å². The van der Waals surface area contributed by atoms with Crippen molar-refractivity contribution >= 4 is 5.95 Å². The number of rotatable bonds is 5. The molecule has 1 aliphatic carbocycles. The van der Waals surface area contributed by atoms with Gasteiger partial charge in [-0.25, -0.2) is 19.3 Å². The molecule has 2 aromatic carbocycles. The third kappa shape index (κ3) is 3.96. The van der Waals surface area contributed by atoms with Gasteiger partial charge in [0.1, 0.15) is 5.82 Å². The van der Waals surface area contributed by atoms with Crippen LogP contribution < -0.4 is 4.90 Å². The van der Waals surface area contributed by atoms with Crippen LogP contribution in [0.1, 0.15) is 22.6 Å². The van der Waals surface area contributed by atoms with Crippen LogP contribution in [0.2, 0.25) is 0 Å². The fourth-order valence-electron chi connectivity index (χ4n) is 5.16. The van der Waals surface area contributed by atoms with Gasteiger partial charge in [-0.3, -0.25) is 4.90 Å². The average molecular weight is 455 g/mol. The van der Waals surface area contributed by atoms with Crippen molar-refractivity contribution in [1.29, 1.82) is 0 Å². The summed E-state index contributed by atoms with van der Waals surface area (Å²) in [5.41, 5.74) is 5.01.